The summed E-state index contributed by atoms with van der Waals surface area (Å²) in [6.07, 6.45) is 5.14. The summed E-state index contributed by atoms with van der Waals surface area (Å²) in [5.74, 6) is 0.900. The minimum absolute atomic E-state index is 0.183. The van der Waals surface area contributed by atoms with Crippen LogP contribution in [-0.4, -0.2) is 17.6 Å². The van der Waals surface area contributed by atoms with Crippen molar-refractivity contribution in [3.63, 3.8) is 0 Å². The van der Waals surface area contributed by atoms with Gasteiger partial charge in [-0.05, 0) is 56.1 Å². The van der Waals surface area contributed by atoms with Crippen LogP contribution in [0.1, 0.15) is 32.8 Å². The van der Waals surface area contributed by atoms with Gasteiger partial charge in [-0.1, -0.05) is 19.1 Å². The fourth-order valence-corrected chi connectivity index (χ4v) is 2.17. The van der Waals surface area contributed by atoms with Crippen LogP contribution in [0, 0.1) is 0 Å². The lowest BCUT2D eigenvalue weighted by Crippen LogP contribution is -2.13. The molecule has 1 heterocycles. The quantitative estimate of drug-likeness (QED) is 0.779. The van der Waals surface area contributed by atoms with Gasteiger partial charge >= 0.3 is 0 Å². The van der Waals surface area contributed by atoms with Crippen LogP contribution < -0.4 is 10.1 Å². The Bertz CT molecular complexity index is 567. The molecule has 0 radical (unpaired) electrons. The molecule has 0 amide bonds. The van der Waals surface area contributed by atoms with Gasteiger partial charge in [-0.25, -0.2) is 0 Å². The van der Waals surface area contributed by atoms with Crippen LogP contribution in [0.15, 0.2) is 42.7 Å². The largest absolute Gasteiger partial charge is 0.491 e. The van der Waals surface area contributed by atoms with Crippen LogP contribution in [0.25, 0.3) is 11.1 Å². The van der Waals surface area contributed by atoms with Crippen LogP contribution in [0.2, 0.25) is 0 Å². The molecule has 1 aromatic heterocycles. The third kappa shape index (κ3) is 4.87. The first-order valence-corrected chi connectivity index (χ1v) is 7.60. The summed E-state index contributed by atoms with van der Waals surface area (Å²) in [5.41, 5.74) is 3.47. The van der Waals surface area contributed by atoms with Gasteiger partial charge in [0.25, 0.3) is 0 Å². The van der Waals surface area contributed by atoms with Crippen LogP contribution in [0.4, 0.5) is 0 Å². The molecule has 0 unspecified atom stereocenters. The molecule has 112 valence electrons. The molecule has 3 nitrogen and oxygen atoms in total. The summed E-state index contributed by atoms with van der Waals surface area (Å²) in [4.78, 5) is 4.35. The first kappa shape index (κ1) is 15.5. The third-order valence-corrected chi connectivity index (χ3v) is 3.09. The molecule has 3 heteroatoms. The summed E-state index contributed by atoms with van der Waals surface area (Å²) in [7, 11) is 0. The maximum absolute atomic E-state index is 5.75. The lowest BCUT2D eigenvalue weighted by Gasteiger charge is -2.11. The molecule has 2 rings (SSSR count). The van der Waals surface area contributed by atoms with Gasteiger partial charge in [0.15, 0.2) is 0 Å². The van der Waals surface area contributed by atoms with Crippen molar-refractivity contribution in [1.82, 2.24) is 10.3 Å². The zero-order valence-corrected chi connectivity index (χ0v) is 13.1. The van der Waals surface area contributed by atoms with Crippen molar-refractivity contribution in [2.45, 2.75) is 39.8 Å². The van der Waals surface area contributed by atoms with E-state index >= 15 is 0 Å². The van der Waals surface area contributed by atoms with Gasteiger partial charge in [0.1, 0.15) is 5.75 Å². The zero-order chi connectivity index (χ0) is 15.1. The molecule has 0 aliphatic carbocycles. The van der Waals surface area contributed by atoms with E-state index < -0.39 is 0 Å². The summed E-state index contributed by atoms with van der Waals surface area (Å²) < 4.78 is 5.75. The standard InChI is InChI=1S/C18H24N2O/c1-4-8-19-11-15-9-17(13-20-12-15)16-6-5-7-18(10-16)21-14(2)3/h5-7,9-10,12-14,19H,4,8,11H2,1-3H3. The van der Waals surface area contributed by atoms with E-state index in [1.54, 1.807) is 0 Å². The van der Waals surface area contributed by atoms with Gasteiger partial charge < -0.3 is 10.1 Å². The lowest BCUT2D eigenvalue weighted by molar-refractivity contribution is 0.242. The SMILES string of the molecule is CCCNCc1cncc(-c2cccc(OC(C)C)c2)c1. The molecule has 0 saturated heterocycles. The summed E-state index contributed by atoms with van der Waals surface area (Å²) >= 11 is 0. The topological polar surface area (TPSA) is 34.2 Å². The number of hydrogen-bond donors (Lipinski definition) is 1. The van der Waals surface area contributed by atoms with Gasteiger partial charge in [0.05, 0.1) is 6.10 Å². The monoisotopic (exact) mass is 284 g/mol. The van der Waals surface area contributed by atoms with E-state index in [4.69, 9.17) is 4.74 Å². The van der Waals surface area contributed by atoms with E-state index in [2.05, 4.69) is 35.4 Å². The number of ether oxygens (including phenoxy) is 1. The van der Waals surface area contributed by atoms with E-state index in [-0.39, 0.29) is 6.10 Å². The minimum Gasteiger partial charge on any atom is -0.491 e. The Balaban J connectivity index is 2.15. The predicted octanol–water partition coefficient (Wildman–Crippen LogP) is 4.04. The first-order chi connectivity index (χ1) is 10.2. The van der Waals surface area contributed by atoms with E-state index in [0.717, 1.165) is 36.4 Å². The maximum Gasteiger partial charge on any atom is 0.120 e. The maximum atomic E-state index is 5.75. The van der Waals surface area contributed by atoms with Crippen molar-refractivity contribution >= 4 is 0 Å². The minimum atomic E-state index is 0.183. The summed E-state index contributed by atoms with van der Waals surface area (Å²) in [6.45, 7) is 8.13. The second-order valence-corrected chi connectivity index (χ2v) is 5.45. The molecule has 2 aromatic rings. The third-order valence-electron chi connectivity index (χ3n) is 3.09. The Hall–Kier alpha value is -1.87. The Morgan fingerprint density at radius 3 is 2.76 bits per heavy atom. The molecule has 0 saturated carbocycles. The van der Waals surface area contributed by atoms with E-state index in [1.807, 2.05) is 38.4 Å². The van der Waals surface area contributed by atoms with Crippen molar-refractivity contribution < 1.29 is 4.74 Å². The second kappa shape index (κ2) is 7.79. The van der Waals surface area contributed by atoms with Crippen molar-refractivity contribution in [2.75, 3.05) is 6.54 Å². The van der Waals surface area contributed by atoms with Crippen LogP contribution >= 0.6 is 0 Å². The predicted molar refractivity (Wildman–Crippen MR) is 87.4 cm³/mol. The molecule has 1 aromatic carbocycles. The van der Waals surface area contributed by atoms with Gasteiger partial charge in [-0.15, -0.1) is 0 Å². The summed E-state index contributed by atoms with van der Waals surface area (Å²) in [6, 6.07) is 10.4. The number of rotatable bonds is 7. The molecule has 0 spiro atoms. The number of benzene rings is 1. The summed E-state index contributed by atoms with van der Waals surface area (Å²) in [5, 5.41) is 3.40. The van der Waals surface area contributed by atoms with Crippen molar-refractivity contribution in [2.24, 2.45) is 0 Å². The highest BCUT2D eigenvalue weighted by atomic mass is 16.5. The molecule has 0 bridgehead atoms. The average molecular weight is 284 g/mol. The smallest absolute Gasteiger partial charge is 0.120 e. The van der Waals surface area contributed by atoms with Gasteiger partial charge in [0.2, 0.25) is 0 Å². The highest BCUT2D eigenvalue weighted by Gasteiger charge is 2.03. The van der Waals surface area contributed by atoms with E-state index in [9.17, 15) is 0 Å². The fraction of sp³-hybridized carbons (Fsp3) is 0.389. The molecule has 0 fully saturated rings. The number of pyridine rings is 1. The molecule has 0 atom stereocenters. The molecule has 1 N–H and O–H groups in total. The number of aromatic nitrogens is 1. The average Bonchev–Trinajstić information content (AvgIpc) is 2.47. The second-order valence-electron chi connectivity index (χ2n) is 5.45. The molecular weight excluding hydrogens is 260 g/mol. The molecule has 0 aliphatic heterocycles. The lowest BCUT2D eigenvalue weighted by atomic mass is 10.1. The van der Waals surface area contributed by atoms with Crippen LogP contribution in [0.3, 0.4) is 0 Å². The number of nitrogens with one attached hydrogen (secondary N) is 1. The van der Waals surface area contributed by atoms with Crippen molar-refractivity contribution in [1.29, 1.82) is 0 Å². The highest BCUT2D eigenvalue weighted by molar-refractivity contribution is 5.64. The van der Waals surface area contributed by atoms with Crippen LogP contribution in [0.5, 0.6) is 5.75 Å². The fourth-order valence-electron chi connectivity index (χ4n) is 2.17. The van der Waals surface area contributed by atoms with Gasteiger partial charge in [-0.2, -0.15) is 0 Å². The van der Waals surface area contributed by atoms with Gasteiger partial charge in [-0.3, -0.25) is 4.98 Å². The number of nitrogens with zero attached hydrogens (tertiary/aromatic N) is 1. The number of hydrogen-bond acceptors (Lipinski definition) is 3. The van der Waals surface area contributed by atoms with Gasteiger partial charge in [0, 0.05) is 24.5 Å². The first-order valence-electron chi connectivity index (χ1n) is 7.60. The van der Waals surface area contributed by atoms with Crippen molar-refractivity contribution in [3.05, 3.63) is 48.3 Å². The molecular formula is C18H24N2O. The van der Waals surface area contributed by atoms with Crippen LogP contribution in [-0.2, 0) is 6.54 Å². The zero-order valence-electron chi connectivity index (χ0n) is 13.1. The Morgan fingerprint density at radius 2 is 2.00 bits per heavy atom. The Labute approximate surface area is 127 Å². The van der Waals surface area contributed by atoms with E-state index in [1.165, 1.54) is 5.56 Å². The molecule has 0 aliphatic rings. The molecule has 21 heavy (non-hydrogen) atoms. The normalized spacial score (nSPS) is 10.9. The van der Waals surface area contributed by atoms with Crippen molar-refractivity contribution in [3.8, 4) is 16.9 Å². The Morgan fingerprint density at radius 1 is 1.14 bits per heavy atom. The Kier molecular flexibility index (Phi) is 5.76. The van der Waals surface area contributed by atoms with E-state index in [0.29, 0.717) is 0 Å². The highest BCUT2D eigenvalue weighted by Crippen LogP contribution is 2.24.